The SMILES string of the molecule is Clc1ccc(CCCC(CCOCCC(CCCc2ccc(Cl)cc2)c2c[nH]cn2)c2c[nH]cn2)cc1. The Morgan fingerprint density at radius 2 is 1.05 bits per heavy atom. The maximum Gasteiger partial charge on any atom is 0.0923 e. The van der Waals surface area contributed by atoms with E-state index in [1.165, 1.54) is 11.1 Å². The zero-order valence-corrected chi connectivity index (χ0v) is 22.7. The summed E-state index contributed by atoms with van der Waals surface area (Å²) in [5.41, 5.74) is 4.89. The lowest BCUT2D eigenvalue weighted by molar-refractivity contribution is 0.117. The molecule has 2 unspecified atom stereocenters. The van der Waals surface area contributed by atoms with Crippen LogP contribution in [-0.2, 0) is 17.6 Å². The number of hydrogen-bond acceptors (Lipinski definition) is 3. The molecule has 0 fully saturated rings. The van der Waals surface area contributed by atoms with Gasteiger partial charge in [-0.15, -0.1) is 0 Å². The van der Waals surface area contributed by atoms with Crippen molar-refractivity contribution in [3.05, 3.63) is 106 Å². The van der Waals surface area contributed by atoms with E-state index < -0.39 is 0 Å². The standard InChI is InChI=1S/C30H36Cl2N4O/c31-27-11-7-23(8-12-27)3-1-5-25(29-19-33-21-35-29)15-17-37-18-16-26(30-20-34-22-36-30)6-2-4-24-9-13-28(32)14-10-24/h7-14,19-22,25-26H,1-6,15-18H2,(H,33,35)(H,34,36). The fourth-order valence-corrected chi connectivity index (χ4v) is 5.08. The molecule has 4 rings (SSSR count). The predicted molar refractivity (Wildman–Crippen MR) is 151 cm³/mol. The molecule has 5 nitrogen and oxygen atoms in total. The van der Waals surface area contributed by atoms with Crippen LogP contribution in [0.5, 0.6) is 0 Å². The Balaban J connectivity index is 1.20. The minimum atomic E-state index is 0.389. The van der Waals surface area contributed by atoms with E-state index in [1.807, 2.05) is 36.7 Å². The number of rotatable bonds is 16. The Morgan fingerprint density at radius 1 is 0.622 bits per heavy atom. The number of aryl methyl sites for hydroxylation is 2. The molecule has 0 amide bonds. The second kappa shape index (κ2) is 15.0. The molecule has 0 saturated heterocycles. The summed E-state index contributed by atoms with van der Waals surface area (Å²) in [6.45, 7) is 1.47. The van der Waals surface area contributed by atoms with Gasteiger partial charge in [-0.25, -0.2) is 9.97 Å². The van der Waals surface area contributed by atoms with E-state index in [0.717, 1.165) is 86.0 Å². The van der Waals surface area contributed by atoms with Crippen LogP contribution in [0.2, 0.25) is 10.0 Å². The van der Waals surface area contributed by atoms with Gasteiger partial charge in [-0.2, -0.15) is 0 Å². The largest absolute Gasteiger partial charge is 0.381 e. The number of aromatic nitrogens is 4. The maximum absolute atomic E-state index is 6.14. The normalized spacial score (nSPS) is 13.0. The monoisotopic (exact) mass is 538 g/mol. The van der Waals surface area contributed by atoms with E-state index in [4.69, 9.17) is 27.9 Å². The summed E-state index contributed by atoms with van der Waals surface area (Å²) in [5, 5.41) is 1.57. The molecule has 0 spiro atoms. The first-order valence-electron chi connectivity index (χ1n) is 13.2. The number of hydrogen-bond donors (Lipinski definition) is 2. The highest BCUT2D eigenvalue weighted by molar-refractivity contribution is 6.30. The van der Waals surface area contributed by atoms with E-state index in [-0.39, 0.29) is 0 Å². The van der Waals surface area contributed by atoms with E-state index in [1.54, 1.807) is 12.7 Å². The molecule has 196 valence electrons. The minimum Gasteiger partial charge on any atom is -0.381 e. The van der Waals surface area contributed by atoms with Gasteiger partial charge in [0, 0.05) is 47.5 Å². The van der Waals surface area contributed by atoms with Gasteiger partial charge < -0.3 is 14.7 Å². The molecule has 0 saturated carbocycles. The highest BCUT2D eigenvalue weighted by Gasteiger charge is 2.16. The molecule has 37 heavy (non-hydrogen) atoms. The van der Waals surface area contributed by atoms with Crippen molar-refractivity contribution < 1.29 is 4.74 Å². The topological polar surface area (TPSA) is 66.6 Å². The lowest BCUT2D eigenvalue weighted by Gasteiger charge is -2.17. The van der Waals surface area contributed by atoms with Crippen LogP contribution >= 0.6 is 23.2 Å². The molecule has 0 aliphatic heterocycles. The summed E-state index contributed by atoms with van der Waals surface area (Å²) in [4.78, 5) is 15.3. The summed E-state index contributed by atoms with van der Waals surface area (Å²) < 4.78 is 6.14. The summed E-state index contributed by atoms with van der Waals surface area (Å²) in [6.07, 6.45) is 16.0. The van der Waals surface area contributed by atoms with Crippen LogP contribution in [0.15, 0.2) is 73.6 Å². The van der Waals surface area contributed by atoms with Crippen LogP contribution in [0.3, 0.4) is 0 Å². The summed E-state index contributed by atoms with van der Waals surface area (Å²) in [5.74, 6) is 0.778. The van der Waals surface area contributed by atoms with Crippen molar-refractivity contribution in [1.29, 1.82) is 0 Å². The third-order valence-corrected chi connectivity index (χ3v) is 7.46. The first-order valence-corrected chi connectivity index (χ1v) is 14.0. The van der Waals surface area contributed by atoms with Crippen LogP contribution in [0.1, 0.15) is 72.9 Å². The summed E-state index contributed by atoms with van der Waals surface area (Å²) in [6, 6.07) is 16.3. The van der Waals surface area contributed by atoms with Crippen molar-refractivity contribution in [2.75, 3.05) is 13.2 Å². The average Bonchev–Trinajstić information content (AvgIpc) is 3.64. The van der Waals surface area contributed by atoms with Crippen LogP contribution < -0.4 is 0 Å². The van der Waals surface area contributed by atoms with Gasteiger partial charge in [0.25, 0.3) is 0 Å². The van der Waals surface area contributed by atoms with Gasteiger partial charge in [0.15, 0.2) is 0 Å². The van der Waals surface area contributed by atoms with Crippen molar-refractivity contribution in [2.45, 2.75) is 63.2 Å². The molecule has 2 heterocycles. The lowest BCUT2D eigenvalue weighted by Crippen LogP contribution is -2.09. The Kier molecular flexibility index (Phi) is 11.1. The molecule has 0 aliphatic carbocycles. The molecular weight excluding hydrogens is 503 g/mol. The Hall–Kier alpha value is -2.60. The van der Waals surface area contributed by atoms with E-state index >= 15 is 0 Å². The quantitative estimate of drug-likeness (QED) is 0.141. The van der Waals surface area contributed by atoms with Gasteiger partial charge in [0.1, 0.15) is 0 Å². The van der Waals surface area contributed by atoms with Crippen molar-refractivity contribution in [2.24, 2.45) is 0 Å². The number of nitrogens with one attached hydrogen (secondary N) is 2. The smallest absolute Gasteiger partial charge is 0.0923 e. The molecule has 2 N–H and O–H groups in total. The van der Waals surface area contributed by atoms with Crippen molar-refractivity contribution >= 4 is 23.2 Å². The van der Waals surface area contributed by atoms with Gasteiger partial charge in [0.2, 0.25) is 0 Å². The maximum atomic E-state index is 6.14. The van der Waals surface area contributed by atoms with Crippen LogP contribution in [0.4, 0.5) is 0 Å². The minimum absolute atomic E-state index is 0.389. The Labute approximate surface area is 230 Å². The fourth-order valence-electron chi connectivity index (χ4n) is 4.83. The first kappa shape index (κ1) is 27.4. The van der Waals surface area contributed by atoms with Crippen LogP contribution in [0.25, 0.3) is 0 Å². The van der Waals surface area contributed by atoms with E-state index in [9.17, 15) is 0 Å². The Bertz CT molecular complexity index is 1040. The molecule has 4 aromatic rings. The van der Waals surface area contributed by atoms with Gasteiger partial charge in [0.05, 0.1) is 24.0 Å². The van der Waals surface area contributed by atoms with Crippen LogP contribution in [0, 0.1) is 0 Å². The highest BCUT2D eigenvalue weighted by Crippen LogP contribution is 2.26. The van der Waals surface area contributed by atoms with Crippen LogP contribution in [-0.4, -0.2) is 33.1 Å². The number of halogens is 2. The number of imidazole rings is 2. The molecule has 0 radical (unpaired) electrons. The van der Waals surface area contributed by atoms with Crippen molar-refractivity contribution in [1.82, 2.24) is 19.9 Å². The molecule has 2 aromatic carbocycles. The average molecular weight is 540 g/mol. The zero-order chi connectivity index (χ0) is 25.7. The van der Waals surface area contributed by atoms with E-state index in [2.05, 4.69) is 44.2 Å². The lowest BCUT2D eigenvalue weighted by atomic mass is 9.94. The number of nitrogens with zero attached hydrogens (tertiary/aromatic N) is 2. The zero-order valence-electron chi connectivity index (χ0n) is 21.2. The predicted octanol–water partition coefficient (Wildman–Crippen LogP) is 8.15. The molecule has 2 aromatic heterocycles. The fraction of sp³-hybridized carbons (Fsp3) is 0.400. The van der Waals surface area contributed by atoms with Crippen molar-refractivity contribution in [3.8, 4) is 0 Å². The summed E-state index contributed by atoms with van der Waals surface area (Å²) >= 11 is 12.0. The van der Waals surface area contributed by atoms with E-state index in [0.29, 0.717) is 11.8 Å². The third kappa shape index (κ3) is 9.33. The number of aromatic amines is 2. The second-order valence-electron chi connectivity index (χ2n) is 9.61. The third-order valence-electron chi connectivity index (χ3n) is 6.96. The Morgan fingerprint density at radius 3 is 1.43 bits per heavy atom. The van der Waals surface area contributed by atoms with Gasteiger partial charge in [-0.3, -0.25) is 0 Å². The molecule has 0 aliphatic rings. The van der Waals surface area contributed by atoms with Gasteiger partial charge >= 0.3 is 0 Å². The molecule has 7 heteroatoms. The molecule has 0 bridgehead atoms. The number of H-pyrrole nitrogens is 2. The number of benzene rings is 2. The van der Waals surface area contributed by atoms with Crippen molar-refractivity contribution in [3.63, 3.8) is 0 Å². The second-order valence-corrected chi connectivity index (χ2v) is 10.5. The van der Waals surface area contributed by atoms with Gasteiger partial charge in [-0.1, -0.05) is 47.5 Å². The van der Waals surface area contributed by atoms with Gasteiger partial charge in [-0.05, 0) is 86.8 Å². The molecule has 2 atom stereocenters. The number of ether oxygens (including phenoxy) is 1. The molecular formula is C30H36Cl2N4O. The summed E-state index contributed by atoms with van der Waals surface area (Å²) in [7, 11) is 0. The highest BCUT2D eigenvalue weighted by atomic mass is 35.5. The first-order chi connectivity index (χ1) is 18.2.